The van der Waals surface area contributed by atoms with Crippen molar-refractivity contribution >= 4 is 40.9 Å². The van der Waals surface area contributed by atoms with E-state index in [-0.39, 0.29) is 5.02 Å². The molecule has 1 atom stereocenters. The first kappa shape index (κ1) is 18.1. The van der Waals surface area contributed by atoms with Crippen molar-refractivity contribution in [1.82, 2.24) is 5.32 Å². The minimum absolute atomic E-state index is 0.229. The number of amides is 2. The first-order valence-corrected chi connectivity index (χ1v) is 7.90. The summed E-state index contributed by atoms with van der Waals surface area (Å²) in [5.41, 5.74) is 1.25. The van der Waals surface area contributed by atoms with E-state index in [1.807, 2.05) is 30.3 Å². The molecule has 2 aromatic carbocycles. The van der Waals surface area contributed by atoms with Gasteiger partial charge in [0.05, 0.1) is 22.8 Å². The second kappa shape index (κ2) is 8.57. The fraction of sp³-hybridized carbons (Fsp3) is 0.176. The highest BCUT2D eigenvalue weighted by molar-refractivity contribution is 6.43. The molecule has 0 unspecified atom stereocenters. The molecule has 0 aromatic heterocycles. The minimum atomic E-state index is -0.824. The second-order valence-electron chi connectivity index (χ2n) is 4.97. The van der Waals surface area contributed by atoms with Gasteiger partial charge in [-0.25, -0.2) is 9.59 Å². The molecular weight excluding hydrogens is 351 g/mol. The summed E-state index contributed by atoms with van der Waals surface area (Å²) in [7, 11) is 1.27. The SMILES string of the molecule is COC(=O)[C@H](Cc1ccccc1)NC(=O)Nc1cccc(Cl)c1Cl. The smallest absolute Gasteiger partial charge is 0.328 e. The van der Waals surface area contributed by atoms with E-state index in [9.17, 15) is 9.59 Å². The van der Waals surface area contributed by atoms with Crippen LogP contribution >= 0.6 is 23.2 Å². The third kappa shape index (κ3) is 4.88. The van der Waals surface area contributed by atoms with Crippen LogP contribution in [0.3, 0.4) is 0 Å². The standard InChI is InChI=1S/C17H16Cl2N2O3/c1-24-16(22)14(10-11-6-3-2-4-7-11)21-17(23)20-13-9-5-8-12(18)15(13)19/h2-9,14H,10H2,1H3,(H2,20,21,23)/t14-/m0/s1. The molecule has 0 saturated carbocycles. The van der Waals surface area contributed by atoms with Crippen LogP contribution in [0.25, 0.3) is 0 Å². The Balaban J connectivity index is 2.07. The molecule has 126 valence electrons. The zero-order chi connectivity index (χ0) is 17.5. The molecule has 5 nitrogen and oxygen atoms in total. The van der Waals surface area contributed by atoms with Crippen LogP contribution in [0.2, 0.25) is 10.0 Å². The Bertz CT molecular complexity index is 723. The Hall–Kier alpha value is -2.24. The number of methoxy groups -OCH3 is 1. The number of urea groups is 1. The molecule has 0 spiro atoms. The molecule has 7 heteroatoms. The highest BCUT2D eigenvalue weighted by atomic mass is 35.5. The Morgan fingerprint density at radius 3 is 2.46 bits per heavy atom. The number of rotatable bonds is 5. The van der Waals surface area contributed by atoms with Gasteiger partial charge in [-0.15, -0.1) is 0 Å². The minimum Gasteiger partial charge on any atom is -0.467 e. The second-order valence-corrected chi connectivity index (χ2v) is 5.75. The third-order valence-electron chi connectivity index (χ3n) is 3.27. The lowest BCUT2D eigenvalue weighted by Crippen LogP contribution is -2.45. The fourth-order valence-electron chi connectivity index (χ4n) is 2.10. The number of carbonyl (C=O) groups is 2. The zero-order valence-corrected chi connectivity index (χ0v) is 14.4. The van der Waals surface area contributed by atoms with E-state index in [1.54, 1.807) is 18.2 Å². The Morgan fingerprint density at radius 1 is 1.08 bits per heavy atom. The fourth-order valence-corrected chi connectivity index (χ4v) is 2.45. The molecule has 2 N–H and O–H groups in total. The number of anilines is 1. The van der Waals surface area contributed by atoms with Crippen LogP contribution in [-0.2, 0) is 16.0 Å². The molecule has 2 amide bonds. The molecule has 0 heterocycles. The van der Waals surface area contributed by atoms with E-state index in [4.69, 9.17) is 27.9 Å². The first-order chi connectivity index (χ1) is 11.5. The number of nitrogens with one attached hydrogen (secondary N) is 2. The maximum Gasteiger partial charge on any atom is 0.328 e. The van der Waals surface area contributed by atoms with Crippen LogP contribution in [0.5, 0.6) is 0 Å². The van der Waals surface area contributed by atoms with Crippen molar-refractivity contribution in [2.45, 2.75) is 12.5 Å². The Labute approximate surface area is 149 Å². The van der Waals surface area contributed by atoms with Crippen LogP contribution in [0.4, 0.5) is 10.5 Å². The van der Waals surface area contributed by atoms with Gasteiger partial charge in [-0.1, -0.05) is 59.6 Å². The van der Waals surface area contributed by atoms with Gasteiger partial charge >= 0.3 is 12.0 Å². The van der Waals surface area contributed by atoms with Crippen LogP contribution in [0, 0.1) is 0 Å². The summed E-state index contributed by atoms with van der Waals surface area (Å²) < 4.78 is 4.75. The Morgan fingerprint density at radius 2 is 1.79 bits per heavy atom. The van der Waals surface area contributed by atoms with Crippen LogP contribution < -0.4 is 10.6 Å². The topological polar surface area (TPSA) is 67.4 Å². The summed E-state index contributed by atoms with van der Waals surface area (Å²) >= 11 is 11.9. The van der Waals surface area contributed by atoms with Gasteiger partial charge < -0.3 is 15.4 Å². The van der Waals surface area contributed by atoms with Crippen molar-refractivity contribution in [2.75, 3.05) is 12.4 Å². The van der Waals surface area contributed by atoms with Gasteiger partial charge in [-0.05, 0) is 17.7 Å². The van der Waals surface area contributed by atoms with Crippen molar-refractivity contribution in [3.63, 3.8) is 0 Å². The maximum absolute atomic E-state index is 12.2. The van der Waals surface area contributed by atoms with Gasteiger partial charge in [0.1, 0.15) is 6.04 Å². The monoisotopic (exact) mass is 366 g/mol. The first-order valence-electron chi connectivity index (χ1n) is 7.14. The summed E-state index contributed by atoms with van der Waals surface area (Å²) in [5, 5.41) is 5.71. The molecule has 2 aromatic rings. The lowest BCUT2D eigenvalue weighted by atomic mass is 10.1. The average Bonchev–Trinajstić information content (AvgIpc) is 2.58. The van der Waals surface area contributed by atoms with Gasteiger partial charge in [-0.3, -0.25) is 0 Å². The van der Waals surface area contributed by atoms with Crippen molar-refractivity contribution < 1.29 is 14.3 Å². The maximum atomic E-state index is 12.2. The lowest BCUT2D eigenvalue weighted by molar-refractivity contribution is -0.142. The Kier molecular flexibility index (Phi) is 6.46. The number of halogens is 2. The summed E-state index contributed by atoms with van der Waals surface area (Å²) in [4.78, 5) is 24.1. The number of carbonyl (C=O) groups excluding carboxylic acids is 2. The third-order valence-corrected chi connectivity index (χ3v) is 4.09. The van der Waals surface area contributed by atoms with Gasteiger partial charge in [0.15, 0.2) is 0 Å². The molecule has 0 saturated heterocycles. The number of hydrogen-bond donors (Lipinski definition) is 2. The molecule has 0 radical (unpaired) electrons. The summed E-state index contributed by atoms with van der Waals surface area (Å²) in [6.07, 6.45) is 0.310. The quantitative estimate of drug-likeness (QED) is 0.788. The number of benzene rings is 2. The van der Waals surface area contributed by atoms with Crippen molar-refractivity contribution in [1.29, 1.82) is 0 Å². The van der Waals surface area contributed by atoms with Gasteiger partial charge in [0.2, 0.25) is 0 Å². The van der Waals surface area contributed by atoms with E-state index in [0.29, 0.717) is 17.1 Å². The van der Waals surface area contributed by atoms with Crippen LogP contribution in [0.15, 0.2) is 48.5 Å². The van der Waals surface area contributed by atoms with Gasteiger partial charge in [0.25, 0.3) is 0 Å². The van der Waals surface area contributed by atoms with E-state index in [1.165, 1.54) is 7.11 Å². The number of hydrogen-bond acceptors (Lipinski definition) is 3. The molecule has 0 fully saturated rings. The average molecular weight is 367 g/mol. The lowest BCUT2D eigenvalue weighted by Gasteiger charge is -2.17. The predicted molar refractivity (Wildman–Crippen MR) is 94.6 cm³/mol. The molecule has 24 heavy (non-hydrogen) atoms. The molecule has 0 aliphatic heterocycles. The van der Waals surface area contributed by atoms with Crippen molar-refractivity contribution in [3.05, 3.63) is 64.1 Å². The normalized spacial score (nSPS) is 11.5. The van der Waals surface area contributed by atoms with Crippen molar-refractivity contribution in [2.24, 2.45) is 0 Å². The van der Waals surface area contributed by atoms with E-state index in [2.05, 4.69) is 10.6 Å². The summed E-state index contributed by atoms with van der Waals surface area (Å²) in [5.74, 6) is -0.536. The largest absolute Gasteiger partial charge is 0.467 e. The summed E-state index contributed by atoms with van der Waals surface area (Å²) in [6, 6.07) is 12.8. The molecule has 2 rings (SSSR count). The highest BCUT2D eigenvalue weighted by Gasteiger charge is 2.22. The number of ether oxygens (including phenoxy) is 1. The van der Waals surface area contributed by atoms with Crippen molar-refractivity contribution in [3.8, 4) is 0 Å². The molecule has 0 aliphatic rings. The predicted octanol–water partition coefficient (Wildman–Crippen LogP) is 3.90. The van der Waals surface area contributed by atoms with Crippen LogP contribution in [0.1, 0.15) is 5.56 Å². The van der Waals surface area contributed by atoms with Gasteiger partial charge in [0, 0.05) is 6.42 Å². The van der Waals surface area contributed by atoms with E-state index in [0.717, 1.165) is 5.56 Å². The molecule has 0 aliphatic carbocycles. The molecule has 0 bridgehead atoms. The summed E-state index contributed by atoms with van der Waals surface area (Å²) in [6.45, 7) is 0. The van der Waals surface area contributed by atoms with Gasteiger partial charge in [-0.2, -0.15) is 0 Å². The zero-order valence-electron chi connectivity index (χ0n) is 12.9. The van der Waals surface area contributed by atoms with E-state index < -0.39 is 18.0 Å². The van der Waals surface area contributed by atoms with Crippen LogP contribution in [-0.4, -0.2) is 25.2 Å². The van der Waals surface area contributed by atoms with E-state index >= 15 is 0 Å². The number of esters is 1. The molecular formula is C17H16Cl2N2O3. The highest BCUT2D eigenvalue weighted by Crippen LogP contribution is 2.29.